The molecule has 23 heavy (non-hydrogen) atoms. The van der Waals surface area contributed by atoms with Gasteiger partial charge in [-0.25, -0.2) is 4.39 Å². The normalized spacial score (nSPS) is 26.9. The van der Waals surface area contributed by atoms with Crippen LogP contribution in [0.5, 0.6) is 5.75 Å². The zero-order chi connectivity index (χ0) is 16.4. The van der Waals surface area contributed by atoms with Gasteiger partial charge in [-0.3, -0.25) is 4.79 Å². The lowest BCUT2D eigenvalue weighted by atomic mass is 10.1. The molecule has 2 aliphatic rings. The molecule has 1 aliphatic heterocycles. The van der Waals surface area contributed by atoms with Crippen LogP contribution in [0.15, 0.2) is 18.2 Å². The Labute approximate surface area is 135 Å². The topological polar surface area (TPSA) is 48.0 Å². The minimum absolute atomic E-state index is 0.00189. The van der Waals surface area contributed by atoms with Crippen molar-refractivity contribution in [3.8, 4) is 5.75 Å². The predicted octanol–water partition coefficient (Wildman–Crippen LogP) is 2.24. The molecule has 1 aromatic carbocycles. The van der Waals surface area contributed by atoms with Gasteiger partial charge in [0.05, 0.1) is 25.9 Å². The summed E-state index contributed by atoms with van der Waals surface area (Å²) in [4.78, 5) is 14.6. The standard InChI is InChI=1S/C17H22FNO4/c1-3-22-15-7-5-13-16(15)23-9-8-19(13)17(20)11-4-6-14(21-2)12(18)10-11/h4,6,10,13,15-16H,3,5,7-9H2,1-2H3/t13-,15+,16+/m0/s1. The van der Waals surface area contributed by atoms with E-state index in [1.54, 1.807) is 11.0 Å². The van der Waals surface area contributed by atoms with Crippen molar-refractivity contribution in [2.45, 2.75) is 38.0 Å². The maximum absolute atomic E-state index is 13.9. The first-order valence-corrected chi connectivity index (χ1v) is 8.03. The summed E-state index contributed by atoms with van der Waals surface area (Å²) < 4.78 is 30.3. The number of ether oxygens (including phenoxy) is 3. The molecule has 0 bridgehead atoms. The Morgan fingerprint density at radius 2 is 2.26 bits per heavy atom. The van der Waals surface area contributed by atoms with E-state index in [-0.39, 0.29) is 29.9 Å². The molecular formula is C17H22FNO4. The maximum atomic E-state index is 13.9. The second-order valence-electron chi connectivity index (χ2n) is 5.82. The van der Waals surface area contributed by atoms with Crippen LogP contribution in [-0.4, -0.2) is 55.9 Å². The van der Waals surface area contributed by atoms with E-state index in [1.165, 1.54) is 19.2 Å². The number of carbonyl (C=O) groups excluding carboxylic acids is 1. The van der Waals surface area contributed by atoms with Crippen LogP contribution in [-0.2, 0) is 9.47 Å². The number of morpholine rings is 1. The van der Waals surface area contributed by atoms with Crippen LogP contribution in [0, 0.1) is 5.82 Å². The molecule has 0 N–H and O–H groups in total. The van der Waals surface area contributed by atoms with E-state index in [0.717, 1.165) is 12.8 Å². The van der Waals surface area contributed by atoms with E-state index in [0.29, 0.717) is 25.3 Å². The molecule has 0 radical (unpaired) electrons. The van der Waals surface area contributed by atoms with Gasteiger partial charge < -0.3 is 19.1 Å². The van der Waals surface area contributed by atoms with E-state index >= 15 is 0 Å². The molecule has 1 saturated heterocycles. The van der Waals surface area contributed by atoms with Crippen molar-refractivity contribution >= 4 is 5.91 Å². The van der Waals surface area contributed by atoms with Crippen LogP contribution >= 0.6 is 0 Å². The molecule has 6 heteroatoms. The molecule has 1 aliphatic carbocycles. The number of halogens is 1. The Morgan fingerprint density at radius 1 is 1.43 bits per heavy atom. The van der Waals surface area contributed by atoms with Gasteiger partial charge in [0.1, 0.15) is 6.10 Å². The van der Waals surface area contributed by atoms with Crippen LogP contribution in [0.1, 0.15) is 30.1 Å². The van der Waals surface area contributed by atoms with Crippen LogP contribution in [0.2, 0.25) is 0 Å². The second kappa shape index (κ2) is 6.84. The summed E-state index contributed by atoms with van der Waals surface area (Å²) in [6.45, 7) is 3.59. The lowest BCUT2D eigenvalue weighted by Gasteiger charge is -2.39. The van der Waals surface area contributed by atoms with Crippen molar-refractivity contribution in [3.05, 3.63) is 29.6 Å². The van der Waals surface area contributed by atoms with Gasteiger partial charge in [-0.2, -0.15) is 0 Å². The summed E-state index contributed by atoms with van der Waals surface area (Å²) >= 11 is 0. The number of nitrogens with zero attached hydrogens (tertiary/aromatic N) is 1. The van der Waals surface area contributed by atoms with Gasteiger partial charge in [0, 0.05) is 18.7 Å². The Kier molecular flexibility index (Phi) is 4.82. The van der Waals surface area contributed by atoms with Gasteiger partial charge in [-0.15, -0.1) is 0 Å². The molecule has 1 aromatic rings. The van der Waals surface area contributed by atoms with Crippen LogP contribution < -0.4 is 4.74 Å². The number of methoxy groups -OCH3 is 1. The Morgan fingerprint density at radius 3 is 2.96 bits per heavy atom. The van der Waals surface area contributed by atoms with Gasteiger partial charge in [0.2, 0.25) is 0 Å². The summed E-state index contributed by atoms with van der Waals surface area (Å²) in [6, 6.07) is 4.32. The summed E-state index contributed by atoms with van der Waals surface area (Å²) in [6.07, 6.45) is 1.67. The van der Waals surface area contributed by atoms with Crippen LogP contribution in [0.25, 0.3) is 0 Å². The number of rotatable bonds is 4. The zero-order valence-electron chi connectivity index (χ0n) is 13.5. The third kappa shape index (κ3) is 3.05. The van der Waals surface area contributed by atoms with Gasteiger partial charge in [-0.1, -0.05) is 0 Å². The van der Waals surface area contributed by atoms with Gasteiger partial charge in [0.25, 0.3) is 5.91 Å². The minimum atomic E-state index is -0.526. The molecule has 0 spiro atoms. The number of carbonyl (C=O) groups is 1. The van der Waals surface area contributed by atoms with E-state index in [2.05, 4.69) is 0 Å². The summed E-state index contributed by atoms with van der Waals surface area (Å²) in [7, 11) is 1.40. The molecule has 3 rings (SSSR count). The minimum Gasteiger partial charge on any atom is -0.494 e. The largest absolute Gasteiger partial charge is 0.494 e. The van der Waals surface area contributed by atoms with E-state index in [4.69, 9.17) is 14.2 Å². The smallest absolute Gasteiger partial charge is 0.254 e. The molecule has 5 nitrogen and oxygen atoms in total. The van der Waals surface area contributed by atoms with Crippen molar-refractivity contribution in [1.82, 2.24) is 4.90 Å². The van der Waals surface area contributed by atoms with Crippen molar-refractivity contribution < 1.29 is 23.4 Å². The molecule has 0 aromatic heterocycles. The number of hydrogen-bond acceptors (Lipinski definition) is 4. The number of hydrogen-bond donors (Lipinski definition) is 0. The number of benzene rings is 1. The second-order valence-corrected chi connectivity index (χ2v) is 5.82. The fourth-order valence-electron chi connectivity index (χ4n) is 3.53. The highest BCUT2D eigenvalue weighted by atomic mass is 19.1. The molecule has 126 valence electrons. The highest BCUT2D eigenvalue weighted by Crippen LogP contribution is 2.33. The van der Waals surface area contributed by atoms with Crippen molar-refractivity contribution in [2.75, 3.05) is 26.9 Å². The Bertz CT molecular complexity index is 580. The molecule has 1 heterocycles. The molecular weight excluding hydrogens is 301 g/mol. The van der Waals surface area contributed by atoms with E-state index < -0.39 is 5.82 Å². The fourth-order valence-corrected chi connectivity index (χ4v) is 3.53. The highest BCUT2D eigenvalue weighted by Gasteiger charge is 2.45. The first-order chi connectivity index (χ1) is 11.2. The first-order valence-electron chi connectivity index (χ1n) is 8.03. The summed E-state index contributed by atoms with van der Waals surface area (Å²) in [5, 5.41) is 0. The van der Waals surface area contributed by atoms with Crippen LogP contribution in [0.3, 0.4) is 0 Å². The highest BCUT2D eigenvalue weighted by molar-refractivity contribution is 5.94. The maximum Gasteiger partial charge on any atom is 0.254 e. The van der Waals surface area contributed by atoms with E-state index in [9.17, 15) is 9.18 Å². The number of amides is 1. The lowest BCUT2D eigenvalue weighted by molar-refractivity contribution is -0.102. The fraction of sp³-hybridized carbons (Fsp3) is 0.588. The molecule has 1 saturated carbocycles. The monoisotopic (exact) mass is 323 g/mol. The molecule has 0 unspecified atom stereocenters. The molecule has 2 fully saturated rings. The third-order valence-electron chi connectivity index (χ3n) is 4.58. The van der Waals surface area contributed by atoms with Crippen molar-refractivity contribution in [3.63, 3.8) is 0 Å². The van der Waals surface area contributed by atoms with Gasteiger partial charge in [-0.05, 0) is 38.0 Å². The predicted molar refractivity (Wildman–Crippen MR) is 82.2 cm³/mol. The van der Waals surface area contributed by atoms with Crippen LogP contribution in [0.4, 0.5) is 4.39 Å². The Hall–Kier alpha value is -1.66. The first kappa shape index (κ1) is 16.2. The zero-order valence-corrected chi connectivity index (χ0v) is 13.5. The van der Waals surface area contributed by atoms with Crippen molar-refractivity contribution in [2.24, 2.45) is 0 Å². The summed E-state index contributed by atoms with van der Waals surface area (Å²) in [5.74, 6) is -0.553. The van der Waals surface area contributed by atoms with Crippen molar-refractivity contribution in [1.29, 1.82) is 0 Å². The molecule has 1 amide bonds. The lowest BCUT2D eigenvalue weighted by Crippen LogP contribution is -2.53. The average Bonchev–Trinajstić information content (AvgIpc) is 2.98. The summed E-state index contributed by atoms with van der Waals surface area (Å²) in [5.41, 5.74) is 0.337. The SMILES string of the molecule is CCO[C@@H]1CC[C@H]2[C@H]1OCCN2C(=O)c1ccc(OC)c(F)c1. The molecule has 3 atom stereocenters. The van der Waals surface area contributed by atoms with Gasteiger partial charge >= 0.3 is 0 Å². The number of fused-ring (bicyclic) bond motifs is 1. The third-order valence-corrected chi connectivity index (χ3v) is 4.58. The van der Waals surface area contributed by atoms with E-state index in [1.807, 2.05) is 6.92 Å². The average molecular weight is 323 g/mol. The van der Waals surface area contributed by atoms with Gasteiger partial charge in [0.15, 0.2) is 11.6 Å². The Balaban J connectivity index is 1.78. The quantitative estimate of drug-likeness (QED) is 0.853.